The number of thioether (sulfide) groups is 2. The number of nitrogens with zero attached hydrogens (tertiary/aromatic N) is 3. The molecule has 0 spiro atoms. The molecule has 10 heteroatoms. The van der Waals surface area contributed by atoms with Gasteiger partial charge in [-0.1, -0.05) is 23.9 Å². The minimum absolute atomic E-state index is 0.00869. The van der Waals surface area contributed by atoms with E-state index in [1.807, 2.05) is 24.3 Å². The summed E-state index contributed by atoms with van der Waals surface area (Å²) in [4.78, 5) is 15.6. The van der Waals surface area contributed by atoms with Crippen LogP contribution in [0.1, 0.15) is 12.3 Å². The van der Waals surface area contributed by atoms with Crippen molar-refractivity contribution < 1.29 is 17.6 Å². The van der Waals surface area contributed by atoms with Crippen molar-refractivity contribution in [3.8, 4) is 0 Å². The maximum absolute atomic E-state index is 12.6. The highest BCUT2D eigenvalue weighted by molar-refractivity contribution is 8.00. The number of anilines is 1. The quantitative estimate of drug-likeness (QED) is 0.674. The van der Waals surface area contributed by atoms with Crippen LogP contribution < -0.4 is 4.90 Å². The van der Waals surface area contributed by atoms with Crippen LogP contribution in [0.25, 0.3) is 0 Å². The lowest BCUT2D eigenvalue weighted by atomic mass is 10.1. The molecule has 2 aliphatic rings. The lowest BCUT2D eigenvalue weighted by Gasteiger charge is -2.28. The minimum Gasteiger partial charge on any atom is -0.416 e. The second-order valence-electron chi connectivity index (χ2n) is 6.59. The van der Waals surface area contributed by atoms with Gasteiger partial charge in [-0.05, 0) is 24.5 Å². The zero-order chi connectivity index (χ0) is 18.9. The van der Waals surface area contributed by atoms with Gasteiger partial charge < -0.3 is 9.32 Å². The highest BCUT2D eigenvalue weighted by atomic mass is 32.2. The molecule has 1 amide bonds. The van der Waals surface area contributed by atoms with Crippen molar-refractivity contribution in [2.75, 3.05) is 34.5 Å². The third kappa shape index (κ3) is 4.49. The number of carbonyl (C=O) groups is 1. The summed E-state index contributed by atoms with van der Waals surface area (Å²) in [5.41, 5.74) is 0.952. The van der Waals surface area contributed by atoms with E-state index in [0.29, 0.717) is 30.5 Å². The third-order valence-electron chi connectivity index (χ3n) is 4.59. The first kappa shape index (κ1) is 18.8. The molecule has 1 aromatic heterocycles. The zero-order valence-electron chi connectivity index (χ0n) is 14.5. The molecule has 4 rings (SSSR count). The molecular formula is C17H19N3O4S3. The highest BCUT2D eigenvalue weighted by Gasteiger charge is 2.29. The van der Waals surface area contributed by atoms with Crippen molar-refractivity contribution in [1.29, 1.82) is 0 Å². The second kappa shape index (κ2) is 7.84. The molecule has 144 valence electrons. The van der Waals surface area contributed by atoms with E-state index in [4.69, 9.17) is 4.42 Å². The van der Waals surface area contributed by atoms with E-state index in [2.05, 4.69) is 10.2 Å². The first-order valence-electron chi connectivity index (χ1n) is 8.68. The van der Waals surface area contributed by atoms with Crippen molar-refractivity contribution >= 4 is 45.0 Å². The van der Waals surface area contributed by atoms with Gasteiger partial charge in [0, 0.05) is 23.6 Å². The summed E-state index contributed by atoms with van der Waals surface area (Å²) in [6.07, 6.45) is 1.11. The average Bonchev–Trinajstić information content (AvgIpc) is 3.25. The number of hydrogen-bond donors (Lipinski definition) is 0. The van der Waals surface area contributed by atoms with E-state index in [1.54, 1.807) is 16.7 Å². The number of carbonyl (C=O) groups excluding carboxylic acids is 1. The predicted octanol–water partition coefficient (Wildman–Crippen LogP) is 2.28. The number of aromatic nitrogens is 2. The molecule has 2 aromatic rings. The van der Waals surface area contributed by atoms with Gasteiger partial charge in [0.2, 0.25) is 11.8 Å². The number of para-hydroxylation sites is 1. The number of hydrogen-bond acceptors (Lipinski definition) is 8. The van der Waals surface area contributed by atoms with Crippen LogP contribution in [0.2, 0.25) is 0 Å². The molecular weight excluding hydrogens is 406 g/mol. The van der Waals surface area contributed by atoms with E-state index in [0.717, 1.165) is 16.3 Å². The zero-order valence-corrected chi connectivity index (χ0v) is 17.0. The SMILES string of the molecule is O=C(CSc1nnc(C[C@H]2CCS(=O)(=O)C2)o1)N1CCSc2ccccc21. The van der Waals surface area contributed by atoms with Gasteiger partial charge in [-0.3, -0.25) is 4.79 Å². The maximum Gasteiger partial charge on any atom is 0.277 e. The Morgan fingerprint density at radius 3 is 3.00 bits per heavy atom. The van der Waals surface area contributed by atoms with Gasteiger partial charge in [-0.15, -0.1) is 22.0 Å². The van der Waals surface area contributed by atoms with Crippen molar-refractivity contribution in [3.63, 3.8) is 0 Å². The Balaban J connectivity index is 1.33. The summed E-state index contributed by atoms with van der Waals surface area (Å²) >= 11 is 2.98. The molecule has 1 atom stereocenters. The summed E-state index contributed by atoms with van der Waals surface area (Å²) in [5, 5.41) is 8.32. The standard InChI is InChI=1S/C17H19N3O4S3/c21-16(20-6-7-25-14-4-2-1-3-13(14)20)10-26-17-19-18-15(24-17)9-12-5-8-27(22,23)11-12/h1-4,12H,5-11H2/t12-/m1/s1. The Morgan fingerprint density at radius 2 is 2.19 bits per heavy atom. The fourth-order valence-electron chi connectivity index (χ4n) is 3.29. The van der Waals surface area contributed by atoms with Crippen LogP contribution in [-0.2, 0) is 21.1 Å². The van der Waals surface area contributed by atoms with E-state index in [1.165, 1.54) is 11.8 Å². The molecule has 0 N–H and O–H groups in total. The molecule has 2 aliphatic heterocycles. The lowest BCUT2D eigenvalue weighted by Crippen LogP contribution is -2.36. The van der Waals surface area contributed by atoms with Gasteiger partial charge in [0.05, 0.1) is 22.9 Å². The molecule has 1 fully saturated rings. The summed E-state index contributed by atoms with van der Waals surface area (Å²) in [5.74, 6) is 2.00. The van der Waals surface area contributed by atoms with Crippen molar-refractivity contribution in [3.05, 3.63) is 30.2 Å². The summed E-state index contributed by atoms with van der Waals surface area (Å²) in [6, 6.07) is 7.90. The number of sulfone groups is 1. The average molecular weight is 426 g/mol. The Labute approximate surface area is 166 Å². The van der Waals surface area contributed by atoms with E-state index >= 15 is 0 Å². The first-order valence-corrected chi connectivity index (χ1v) is 12.5. The number of benzene rings is 1. The van der Waals surface area contributed by atoms with Gasteiger partial charge in [-0.2, -0.15) is 0 Å². The van der Waals surface area contributed by atoms with Crippen LogP contribution in [0.3, 0.4) is 0 Å². The fraction of sp³-hybridized carbons (Fsp3) is 0.471. The number of amides is 1. The Hall–Kier alpha value is -1.52. The van der Waals surface area contributed by atoms with Gasteiger partial charge in [-0.25, -0.2) is 8.42 Å². The molecule has 27 heavy (non-hydrogen) atoms. The van der Waals surface area contributed by atoms with E-state index < -0.39 is 9.84 Å². The lowest BCUT2D eigenvalue weighted by molar-refractivity contribution is -0.116. The fourth-order valence-corrected chi connectivity index (χ4v) is 6.80. The Morgan fingerprint density at radius 1 is 1.33 bits per heavy atom. The van der Waals surface area contributed by atoms with Crippen LogP contribution in [0.15, 0.2) is 38.8 Å². The Bertz CT molecular complexity index is 944. The normalized spacial score (nSPS) is 21.2. The van der Waals surface area contributed by atoms with Crippen LogP contribution in [0, 0.1) is 5.92 Å². The van der Waals surface area contributed by atoms with Crippen molar-refractivity contribution in [2.24, 2.45) is 5.92 Å². The molecule has 0 aliphatic carbocycles. The van der Waals surface area contributed by atoms with Crippen LogP contribution in [0.5, 0.6) is 0 Å². The van der Waals surface area contributed by atoms with Gasteiger partial charge in [0.15, 0.2) is 9.84 Å². The van der Waals surface area contributed by atoms with Crippen molar-refractivity contribution in [2.45, 2.75) is 23.0 Å². The smallest absolute Gasteiger partial charge is 0.277 e. The van der Waals surface area contributed by atoms with Gasteiger partial charge in [0.25, 0.3) is 5.22 Å². The minimum atomic E-state index is -2.91. The third-order valence-corrected chi connectivity index (χ3v) is 8.27. The molecule has 1 saturated heterocycles. The molecule has 7 nitrogen and oxygen atoms in total. The van der Waals surface area contributed by atoms with Crippen LogP contribution in [0.4, 0.5) is 5.69 Å². The molecule has 1 aromatic carbocycles. The topological polar surface area (TPSA) is 93.4 Å². The predicted molar refractivity (Wildman–Crippen MR) is 105 cm³/mol. The monoisotopic (exact) mass is 425 g/mol. The van der Waals surface area contributed by atoms with Gasteiger partial charge >= 0.3 is 0 Å². The molecule has 0 bridgehead atoms. The maximum atomic E-state index is 12.6. The number of rotatable bonds is 5. The van der Waals surface area contributed by atoms with Crippen LogP contribution >= 0.6 is 23.5 Å². The molecule has 0 saturated carbocycles. The van der Waals surface area contributed by atoms with Gasteiger partial charge in [0.1, 0.15) is 0 Å². The number of fused-ring (bicyclic) bond motifs is 1. The van der Waals surface area contributed by atoms with Crippen LogP contribution in [-0.4, -0.2) is 54.1 Å². The Kier molecular flexibility index (Phi) is 5.47. The van der Waals surface area contributed by atoms with E-state index in [9.17, 15) is 13.2 Å². The molecule has 0 unspecified atom stereocenters. The highest BCUT2D eigenvalue weighted by Crippen LogP contribution is 2.35. The first-order chi connectivity index (χ1) is 13.0. The second-order valence-corrected chi connectivity index (χ2v) is 10.9. The summed E-state index contributed by atoms with van der Waals surface area (Å²) in [7, 11) is -2.91. The summed E-state index contributed by atoms with van der Waals surface area (Å²) < 4.78 is 28.7. The van der Waals surface area contributed by atoms with Crippen molar-refractivity contribution in [1.82, 2.24) is 10.2 Å². The largest absolute Gasteiger partial charge is 0.416 e. The molecule has 3 heterocycles. The molecule has 0 radical (unpaired) electrons. The summed E-state index contributed by atoms with van der Waals surface area (Å²) in [6.45, 7) is 0.687. The van der Waals surface area contributed by atoms with E-state index in [-0.39, 0.29) is 29.1 Å².